The standard InChI is InChI=1S/C74H144O17P2/c1-8-12-13-38-48-55-71(76)84-61-69(90-74(79)58-51-44-37-31-30-34-41-47-54-67(7)11-4)63-88-92(80,81)86-59-68(75)60-87-93(82,83)89-64-70(91-73(78)57-50-43-36-29-25-21-17-15-19-23-27-33-40-46-53-66(6)10-3)62-85-72(77)56-49-42-35-28-24-20-16-14-18-22-26-32-39-45-52-65(5)9-2/h65-70,75H,8-64H2,1-7H3,(H,80,81)(H,82,83)/t65?,66?,67?,68-,69+,70+/m0/s1. The van der Waals surface area contributed by atoms with Crippen molar-refractivity contribution in [1.82, 2.24) is 0 Å². The van der Waals surface area contributed by atoms with Gasteiger partial charge in [-0.1, -0.05) is 325 Å². The van der Waals surface area contributed by atoms with Gasteiger partial charge in [0.05, 0.1) is 26.4 Å². The molecule has 0 fully saturated rings. The van der Waals surface area contributed by atoms with E-state index in [1.807, 2.05) is 0 Å². The van der Waals surface area contributed by atoms with Crippen LogP contribution in [0.4, 0.5) is 0 Å². The second kappa shape index (κ2) is 64.7. The van der Waals surface area contributed by atoms with E-state index < -0.39 is 97.5 Å². The highest BCUT2D eigenvalue weighted by Crippen LogP contribution is 2.45. The van der Waals surface area contributed by atoms with E-state index in [0.29, 0.717) is 25.7 Å². The van der Waals surface area contributed by atoms with Gasteiger partial charge in [0.15, 0.2) is 12.2 Å². The number of rotatable bonds is 72. The maximum Gasteiger partial charge on any atom is 0.472 e. The molecule has 0 saturated heterocycles. The van der Waals surface area contributed by atoms with E-state index in [4.69, 9.17) is 37.0 Å². The van der Waals surface area contributed by atoms with Crippen LogP contribution in [0.3, 0.4) is 0 Å². The minimum atomic E-state index is -4.95. The molecule has 0 aliphatic rings. The summed E-state index contributed by atoms with van der Waals surface area (Å²) in [6.45, 7) is 11.9. The predicted octanol–water partition coefficient (Wildman–Crippen LogP) is 21.4. The minimum absolute atomic E-state index is 0.104. The van der Waals surface area contributed by atoms with Crippen LogP contribution in [0.15, 0.2) is 0 Å². The van der Waals surface area contributed by atoms with Crippen LogP contribution < -0.4 is 0 Å². The summed E-state index contributed by atoms with van der Waals surface area (Å²) < 4.78 is 68.2. The number of esters is 4. The molecule has 0 aromatic carbocycles. The number of hydrogen-bond acceptors (Lipinski definition) is 15. The number of hydrogen-bond donors (Lipinski definition) is 3. The fourth-order valence-corrected chi connectivity index (χ4v) is 12.7. The Balaban J connectivity index is 5.16. The molecule has 0 heterocycles. The van der Waals surface area contributed by atoms with Crippen molar-refractivity contribution in [1.29, 1.82) is 0 Å². The fraction of sp³-hybridized carbons (Fsp3) is 0.946. The van der Waals surface area contributed by atoms with E-state index >= 15 is 0 Å². The molecule has 17 nitrogen and oxygen atoms in total. The second-order valence-corrected chi connectivity index (χ2v) is 30.3. The third kappa shape index (κ3) is 64.5. The highest BCUT2D eigenvalue weighted by molar-refractivity contribution is 7.47. The summed E-state index contributed by atoms with van der Waals surface area (Å²) in [5, 5.41) is 10.6. The molecule has 5 unspecified atom stereocenters. The smallest absolute Gasteiger partial charge is 0.462 e. The van der Waals surface area contributed by atoms with Crippen LogP contribution in [-0.2, 0) is 65.4 Å². The van der Waals surface area contributed by atoms with Crippen LogP contribution in [0.25, 0.3) is 0 Å². The summed E-state index contributed by atoms with van der Waals surface area (Å²) in [7, 11) is -9.90. The normalized spacial score (nSPS) is 15.0. The Labute approximate surface area is 568 Å². The Morgan fingerprint density at radius 1 is 0.301 bits per heavy atom. The van der Waals surface area contributed by atoms with Crippen molar-refractivity contribution in [3.8, 4) is 0 Å². The van der Waals surface area contributed by atoms with Crippen molar-refractivity contribution in [2.24, 2.45) is 17.8 Å². The molecule has 0 radical (unpaired) electrons. The fourth-order valence-electron chi connectivity index (χ4n) is 11.2. The SMILES string of the molecule is CCCCCCCC(=O)OC[C@H](COP(=O)(O)OC[C@H](O)COP(=O)(O)OC[C@@H](COC(=O)CCCCCCCCCCCCCCCCC(C)CC)OC(=O)CCCCCCCCCCCCCCCCC(C)CC)OC(=O)CCCCCCCCCCC(C)CC. The van der Waals surface area contributed by atoms with Crippen LogP contribution in [0, 0.1) is 17.8 Å². The van der Waals surface area contributed by atoms with Crippen molar-refractivity contribution in [3.63, 3.8) is 0 Å². The molecular formula is C74H144O17P2. The first-order chi connectivity index (χ1) is 44.8. The van der Waals surface area contributed by atoms with Crippen molar-refractivity contribution in [2.75, 3.05) is 39.6 Å². The molecule has 0 spiro atoms. The first kappa shape index (κ1) is 91.1. The highest BCUT2D eigenvalue weighted by atomic mass is 31.2. The first-order valence-electron chi connectivity index (χ1n) is 38.5. The van der Waals surface area contributed by atoms with Gasteiger partial charge in [0, 0.05) is 25.7 Å². The molecular weight excluding hydrogens is 1220 g/mol. The van der Waals surface area contributed by atoms with Gasteiger partial charge >= 0.3 is 39.5 Å². The Bertz CT molecular complexity index is 1820. The maximum atomic E-state index is 13.1. The van der Waals surface area contributed by atoms with Gasteiger partial charge in [0.2, 0.25) is 0 Å². The Kier molecular flexibility index (Phi) is 63.4. The molecule has 0 aromatic rings. The average molecular weight is 1370 g/mol. The molecule has 3 N–H and O–H groups in total. The van der Waals surface area contributed by atoms with Gasteiger partial charge in [-0.3, -0.25) is 37.3 Å². The van der Waals surface area contributed by atoms with Crippen molar-refractivity contribution < 1.29 is 80.2 Å². The van der Waals surface area contributed by atoms with Crippen molar-refractivity contribution >= 4 is 39.5 Å². The molecule has 0 aliphatic carbocycles. The number of aliphatic hydroxyl groups excluding tert-OH is 1. The third-order valence-corrected chi connectivity index (χ3v) is 20.1. The summed E-state index contributed by atoms with van der Waals surface area (Å²) in [5.74, 6) is 0.333. The van der Waals surface area contributed by atoms with Gasteiger partial charge in [-0.25, -0.2) is 9.13 Å². The number of unbranched alkanes of at least 4 members (excludes halogenated alkanes) is 37. The zero-order valence-electron chi connectivity index (χ0n) is 60.7. The largest absolute Gasteiger partial charge is 0.472 e. The van der Waals surface area contributed by atoms with E-state index in [1.54, 1.807) is 0 Å². The topological polar surface area (TPSA) is 237 Å². The number of aliphatic hydroxyl groups is 1. The number of carbonyl (C=O) groups excluding carboxylic acids is 4. The summed E-state index contributed by atoms with van der Waals surface area (Å²) in [6, 6.07) is 0. The minimum Gasteiger partial charge on any atom is -0.462 e. The van der Waals surface area contributed by atoms with Gasteiger partial charge in [-0.2, -0.15) is 0 Å². The second-order valence-electron chi connectivity index (χ2n) is 27.4. The van der Waals surface area contributed by atoms with E-state index in [2.05, 4.69) is 48.5 Å². The molecule has 0 amide bonds. The lowest BCUT2D eigenvalue weighted by Gasteiger charge is -2.21. The third-order valence-electron chi connectivity index (χ3n) is 18.2. The van der Waals surface area contributed by atoms with Crippen molar-refractivity contribution in [3.05, 3.63) is 0 Å². The maximum absolute atomic E-state index is 13.1. The Morgan fingerprint density at radius 3 is 0.763 bits per heavy atom. The Morgan fingerprint density at radius 2 is 0.516 bits per heavy atom. The van der Waals surface area contributed by atoms with E-state index in [1.165, 1.54) is 180 Å². The molecule has 0 saturated carbocycles. The monoisotopic (exact) mass is 1370 g/mol. The zero-order chi connectivity index (χ0) is 68.7. The molecule has 0 aliphatic heterocycles. The van der Waals surface area contributed by atoms with E-state index in [-0.39, 0.29) is 25.7 Å². The van der Waals surface area contributed by atoms with Gasteiger partial charge < -0.3 is 33.8 Å². The lowest BCUT2D eigenvalue weighted by atomic mass is 9.99. The van der Waals surface area contributed by atoms with Crippen LogP contribution in [0.2, 0.25) is 0 Å². The summed E-state index contributed by atoms with van der Waals surface area (Å²) in [5.41, 5.74) is 0. The Hall–Kier alpha value is -1.94. The first-order valence-corrected chi connectivity index (χ1v) is 41.5. The lowest BCUT2D eigenvalue weighted by Crippen LogP contribution is -2.30. The number of ether oxygens (including phenoxy) is 4. The molecule has 552 valence electrons. The van der Waals surface area contributed by atoms with Crippen molar-refractivity contribution in [2.45, 2.75) is 394 Å². The predicted molar refractivity (Wildman–Crippen MR) is 377 cm³/mol. The average Bonchev–Trinajstić information content (AvgIpc) is 3.40. The van der Waals surface area contributed by atoms with Crippen LogP contribution in [0.1, 0.15) is 376 Å². The molecule has 0 rings (SSSR count). The quantitative estimate of drug-likeness (QED) is 0.0222. The zero-order valence-corrected chi connectivity index (χ0v) is 62.5. The molecule has 19 heteroatoms. The van der Waals surface area contributed by atoms with Gasteiger partial charge in [-0.15, -0.1) is 0 Å². The van der Waals surface area contributed by atoms with E-state index in [0.717, 1.165) is 114 Å². The van der Waals surface area contributed by atoms with Crippen LogP contribution in [-0.4, -0.2) is 96.7 Å². The molecule has 93 heavy (non-hydrogen) atoms. The molecule has 8 atom stereocenters. The van der Waals surface area contributed by atoms with Crippen LogP contribution >= 0.6 is 15.6 Å². The highest BCUT2D eigenvalue weighted by Gasteiger charge is 2.30. The van der Waals surface area contributed by atoms with Crippen LogP contribution in [0.5, 0.6) is 0 Å². The summed E-state index contributed by atoms with van der Waals surface area (Å²) >= 11 is 0. The molecule has 0 bridgehead atoms. The van der Waals surface area contributed by atoms with E-state index in [9.17, 15) is 43.2 Å². The number of phosphoric acid groups is 2. The summed E-state index contributed by atoms with van der Waals surface area (Å²) in [6.07, 6.45) is 50.2. The number of carbonyl (C=O) groups is 4. The summed E-state index contributed by atoms with van der Waals surface area (Å²) in [4.78, 5) is 72.4. The van der Waals surface area contributed by atoms with Gasteiger partial charge in [-0.05, 0) is 43.4 Å². The molecule has 0 aromatic heterocycles. The number of phosphoric ester groups is 2. The van der Waals surface area contributed by atoms with Gasteiger partial charge in [0.25, 0.3) is 0 Å². The lowest BCUT2D eigenvalue weighted by molar-refractivity contribution is -0.161. The van der Waals surface area contributed by atoms with Gasteiger partial charge in [0.1, 0.15) is 19.3 Å².